The first-order chi connectivity index (χ1) is 33.0. The Bertz CT molecular complexity index is 2030. The van der Waals surface area contributed by atoms with E-state index < -0.39 is 20.2 Å². The van der Waals surface area contributed by atoms with E-state index in [0.717, 1.165) is 49.3 Å². The van der Waals surface area contributed by atoms with Gasteiger partial charge in [-0.25, -0.2) is 16.8 Å². The maximum atomic E-state index is 11.8. The summed E-state index contributed by atoms with van der Waals surface area (Å²) in [4.78, 5) is -0.165. The van der Waals surface area contributed by atoms with Crippen LogP contribution in [0.25, 0.3) is 21.5 Å². The molecule has 0 radical (unpaired) electrons. The standard InChI is InChI=1S/2C30H48O3S.Ca/c2*1-3-5-7-9-11-13-15-17-20-26-24-25-29-28(22-19-23-30(29)34(31,32)33)27(26)21-18-16-14-12-10-8-6-4-2;/h2*19,22-25H,3-18,20-21H2,1-2H3,(H,31,32,33);/q;;+2/p-2. The zero-order chi connectivity index (χ0) is 49.3. The van der Waals surface area contributed by atoms with E-state index in [4.69, 9.17) is 0 Å². The van der Waals surface area contributed by atoms with Gasteiger partial charge in [-0.2, -0.15) is 0 Å². The van der Waals surface area contributed by atoms with Crippen LogP contribution in [0.5, 0.6) is 0 Å². The Morgan fingerprint density at radius 2 is 0.551 bits per heavy atom. The smallest absolute Gasteiger partial charge is 0.744 e. The molecule has 0 heterocycles. The molecule has 0 saturated carbocycles. The quantitative estimate of drug-likeness (QED) is 0.0251. The van der Waals surface area contributed by atoms with Crippen LogP contribution in [0.4, 0.5) is 0 Å². The van der Waals surface area contributed by atoms with Crippen LogP contribution < -0.4 is 0 Å². The van der Waals surface area contributed by atoms with Gasteiger partial charge in [0, 0.05) is 0 Å². The van der Waals surface area contributed by atoms with Crippen molar-refractivity contribution in [1.29, 1.82) is 0 Å². The molecule has 0 aliphatic rings. The van der Waals surface area contributed by atoms with Gasteiger partial charge in [0.05, 0.1) is 9.79 Å². The summed E-state index contributed by atoms with van der Waals surface area (Å²) < 4.78 is 71.0. The molecular formula is C60H94CaO6S2. The van der Waals surface area contributed by atoms with Gasteiger partial charge in [0.1, 0.15) is 20.2 Å². The van der Waals surface area contributed by atoms with Crippen LogP contribution >= 0.6 is 0 Å². The number of unbranched alkanes of at least 4 members (excludes halogenated alkanes) is 28. The second-order valence-electron chi connectivity index (χ2n) is 19.9. The molecule has 0 aliphatic heterocycles. The number of fused-ring (bicyclic) bond motifs is 2. The normalized spacial score (nSPS) is 11.8. The van der Waals surface area contributed by atoms with Gasteiger partial charge in [-0.05, 0) is 107 Å². The van der Waals surface area contributed by atoms with E-state index >= 15 is 0 Å². The van der Waals surface area contributed by atoms with E-state index in [2.05, 4.69) is 39.8 Å². The molecule has 0 spiro atoms. The van der Waals surface area contributed by atoms with E-state index in [1.807, 2.05) is 24.3 Å². The fraction of sp³-hybridized carbons (Fsp3) is 0.667. The minimum atomic E-state index is -4.48. The molecule has 6 nitrogen and oxygen atoms in total. The zero-order valence-corrected chi connectivity index (χ0v) is 48.0. The number of hydrogen-bond donors (Lipinski definition) is 0. The molecule has 0 aliphatic carbocycles. The molecule has 9 heteroatoms. The zero-order valence-electron chi connectivity index (χ0n) is 44.2. The van der Waals surface area contributed by atoms with Gasteiger partial charge in [-0.3, -0.25) is 0 Å². The third-order valence-corrected chi connectivity index (χ3v) is 15.9. The predicted octanol–water partition coefficient (Wildman–Crippen LogP) is 17.8. The molecule has 4 aromatic carbocycles. The number of aryl methyl sites for hydroxylation is 4. The van der Waals surface area contributed by atoms with Gasteiger partial charge in [0.2, 0.25) is 0 Å². The summed E-state index contributed by atoms with van der Waals surface area (Å²) in [5.74, 6) is 0. The summed E-state index contributed by atoms with van der Waals surface area (Å²) >= 11 is 0. The molecule has 0 atom stereocenters. The van der Waals surface area contributed by atoms with Crippen molar-refractivity contribution in [3.05, 3.63) is 82.9 Å². The molecule has 0 aromatic heterocycles. The molecule has 0 saturated heterocycles. The summed E-state index contributed by atoms with van der Waals surface area (Å²) in [6, 6.07) is 18.2. The molecule has 384 valence electrons. The average Bonchev–Trinajstić information content (AvgIpc) is 3.32. The molecule has 0 fully saturated rings. The van der Waals surface area contributed by atoms with Gasteiger partial charge < -0.3 is 9.11 Å². The Balaban J connectivity index is 0.000000467. The van der Waals surface area contributed by atoms with Gasteiger partial charge >= 0.3 is 37.7 Å². The molecular weight excluding hydrogens is 921 g/mol. The predicted molar refractivity (Wildman–Crippen MR) is 295 cm³/mol. The van der Waals surface area contributed by atoms with E-state index in [1.54, 1.807) is 12.1 Å². The van der Waals surface area contributed by atoms with Crippen molar-refractivity contribution in [2.45, 2.75) is 269 Å². The first kappa shape index (κ1) is 63.6. The Hall–Kier alpha value is -1.52. The van der Waals surface area contributed by atoms with Crippen LogP contribution in [-0.4, -0.2) is 63.7 Å². The molecule has 0 N–H and O–H groups in total. The fourth-order valence-corrected chi connectivity index (χ4v) is 11.5. The van der Waals surface area contributed by atoms with Crippen LogP contribution in [0.15, 0.2) is 70.5 Å². The third-order valence-electron chi connectivity index (χ3n) is 14.2. The Kier molecular flexibility index (Phi) is 35.1. The number of hydrogen-bond acceptors (Lipinski definition) is 6. The van der Waals surface area contributed by atoms with Gasteiger partial charge in [-0.15, -0.1) is 0 Å². The summed E-state index contributed by atoms with van der Waals surface area (Å²) in [7, 11) is -8.97. The van der Waals surface area contributed by atoms with Crippen molar-refractivity contribution < 1.29 is 25.9 Å². The van der Waals surface area contributed by atoms with E-state index in [9.17, 15) is 25.9 Å². The minimum Gasteiger partial charge on any atom is -0.744 e. The largest absolute Gasteiger partial charge is 2.00 e. The maximum Gasteiger partial charge on any atom is 2.00 e. The van der Waals surface area contributed by atoms with Gasteiger partial charge in [0.25, 0.3) is 0 Å². The van der Waals surface area contributed by atoms with Crippen molar-refractivity contribution in [3.63, 3.8) is 0 Å². The summed E-state index contributed by atoms with van der Waals surface area (Å²) in [5.41, 5.74) is 5.19. The molecule has 4 aromatic rings. The van der Waals surface area contributed by atoms with Gasteiger partial charge in [-0.1, -0.05) is 256 Å². The molecule has 0 unspecified atom stereocenters. The first-order valence-electron chi connectivity index (χ1n) is 28.0. The summed E-state index contributed by atoms with van der Waals surface area (Å²) in [6.07, 6.45) is 45.1. The summed E-state index contributed by atoms with van der Waals surface area (Å²) in [6.45, 7) is 9.01. The maximum absolute atomic E-state index is 11.8. The Morgan fingerprint density at radius 1 is 0.304 bits per heavy atom. The Labute approximate surface area is 453 Å². The second kappa shape index (κ2) is 38.1. The number of rotatable bonds is 38. The third kappa shape index (κ3) is 25.3. The minimum absolute atomic E-state index is 0. The van der Waals surface area contributed by atoms with Crippen LogP contribution in [0.2, 0.25) is 0 Å². The van der Waals surface area contributed by atoms with Crippen LogP contribution in [0.3, 0.4) is 0 Å². The fourth-order valence-electron chi connectivity index (χ4n) is 10.1. The average molecular weight is 1020 g/mol. The molecule has 0 bridgehead atoms. The SMILES string of the molecule is CCCCCCCCCCc1ccc2c(S(=O)(=O)[O-])cccc2c1CCCCCCCCCC.CCCCCCCCCCc1ccc2c(S(=O)(=O)[O-])cccc2c1CCCCCCCCCC.[Ca+2]. The molecule has 4 rings (SSSR count). The van der Waals surface area contributed by atoms with Crippen molar-refractivity contribution in [3.8, 4) is 0 Å². The van der Waals surface area contributed by atoms with Gasteiger partial charge in [0.15, 0.2) is 0 Å². The van der Waals surface area contributed by atoms with Crippen molar-refractivity contribution in [2.75, 3.05) is 0 Å². The topological polar surface area (TPSA) is 114 Å². The van der Waals surface area contributed by atoms with E-state index in [-0.39, 0.29) is 47.5 Å². The van der Waals surface area contributed by atoms with Crippen LogP contribution in [-0.2, 0) is 45.9 Å². The van der Waals surface area contributed by atoms with Crippen LogP contribution in [0, 0.1) is 0 Å². The monoisotopic (exact) mass is 1010 g/mol. The van der Waals surface area contributed by atoms with Crippen molar-refractivity contribution >= 4 is 79.5 Å². The molecule has 0 amide bonds. The van der Waals surface area contributed by atoms with Crippen molar-refractivity contribution in [1.82, 2.24) is 0 Å². The van der Waals surface area contributed by atoms with Crippen LogP contribution in [0.1, 0.15) is 255 Å². The molecule has 69 heavy (non-hydrogen) atoms. The van der Waals surface area contributed by atoms with E-state index in [0.29, 0.717) is 10.8 Å². The van der Waals surface area contributed by atoms with E-state index in [1.165, 1.54) is 227 Å². The summed E-state index contributed by atoms with van der Waals surface area (Å²) in [5, 5.41) is 3.09. The first-order valence-corrected chi connectivity index (χ1v) is 30.8. The Morgan fingerprint density at radius 3 is 0.812 bits per heavy atom. The van der Waals surface area contributed by atoms with Crippen molar-refractivity contribution in [2.24, 2.45) is 0 Å². The second-order valence-corrected chi connectivity index (χ2v) is 22.6. The number of benzene rings is 4.